The molecule has 0 saturated carbocycles. The van der Waals surface area contributed by atoms with E-state index in [9.17, 15) is 14.4 Å². The fourth-order valence-corrected chi connectivity index (χ4v) is 3.32. The quantitative estimate of drug-likeness (QED) is 0.602. The van der Waals surface area contributed by atoms with E-state index in [1.807, 2.05) is 6.07 Å². The first-order valence-electron chi connectivity index (χ1n) is 9.20. The van der Waals surface area contributed by atoms with Crippen LogP contribution in [0.4, 0.5) is 0 Å². The molecular formula is C22H23NO4. The summed E-state index contributed by atoms with van der Waals surface area (Å²) in [6.07, 6.45) is 2.08. The lowest BCUT2D eigenvalue weighted by molar-refractivity contribution is -0.136. The van der Waals surface area contributed by atoms with Gasteiger partial charge in [0.05, 0.1) is 5.56 Å². The first-order valence-corrected chi connectivity index (χ1v) is 9.20. The van der Waals surface area contributed by atoms with Gasteiger partial charge in [0.1, 0.15) is 0 Å². The Morgan fingerprint density at radius 1 is 1.00 bits per heavy atom. The maximum Gasteiger partial charge on any atom is 0.339 e. The van der Waals surface area contributed by atoms with Crippen LogP contribution < -0.4 is 0 Å². The molecule has 2 aromatic carbocycles. The van der Waals surface area contributed by atoms with Gasteiger partial charge in [-0.15, -0.1) is 0 Å². The molecule has 0 aliphatic carbocycles. The van der Waals surface area contributed by atoms with E-state index in [-0.39, 0.29) is 29.4 Å². The zero-order chi connectivity index (χ0) is 19.2. The highest BCUT2D eigenvalue weighted by molar-refractivity contribution is 6.14. The number of esters is 1. The molecule has 0 spiro atoms. The van der Waals surface area contributed by atoms with Gasteiger partial charge < -0.3 is 9.64 Å². The number of rotatable bonds is 5. The third-order valence-electron chi connectivity index (χ3n) is 4.76. The number of nitrogens with zero attached hydrogens (tertiary/aromatic N) is 1. The standard InChI is InChI=1S/C22H23NO4/c1-16-8-7-13-23(14-16)20(24)15-27-22(26)19-12-6-5-11-18(19)21(25)17-9-3-2-4-10-17/h2-6,9-12,16H,7-8,13-15H2,1H3/t16-/m1/s1. The molecule has 1 aliphatic heterocycles. The van der Waals surface area contributed by atoms with E-state index in [0.717, 1.165) is 12.8 Å². The van der Waals surface area contributed by atoms with Gasteiger partial charge in [-0.3, -0.25) is 9.59 Å². The zero-order valence-corrected chi connectivity index (χ0v) is 15.4. The molecule has 27 heavy (non-hydrogen) atoms. The van der Waals surface area contributed by atoms with E-state index in [0.29, 0.717) is 24.6 Å². The lowest BCUT2D eigenvalue weighted by atomic mass is 9.98. The van der Waals surface area contributed by atoms with Crippen LogP contribution in [0.25, 0.3) is 0 Å². The van der Waals surface area contributed by atoms with Crippen LogP contribution in [0.5, 0.6) is 0 Å². The van der Waals surface area contributed by atoms with Crippen molar-refractivity contribution >= 4 is 17.7 Å². The maximum atomic E-state index is 12.7. The topological polar surface area (TPSA) is 63.7 Å². The molecular weight excluding hydrogens is 342 g/mol. The average Bonchev–Trinajstić information content (AvgIpc) is 2.72. The molecule has 1 fully saturated rings. The Hall–Kier alpha value is -2.95. The number of piperidine rings is 1. The minimum Gasteiger partial charge on any atom is -0.452 e. The second-order valence-corrected chi connectivity index (χ2v) is 6.90. The van der Waals surface area contributed by atoms with Crippen molar-refractivity contribution < 1.29 is 19.1 Å². The maximum absolute atomic E-state index is 12.7. The second-order valence-electron chi connectivity index (χ2n) is 6.90. The normalized spacial score (nSPS) is 16.6. The summed E-state index contributed by atoms with van der Waals surface area (Å²) in [5, 5.41) is 0. The molecule has 0 N–H and O–H groups in total. The van der Waals surface area contributed by atoms with Crippen LogP contribution in [0.15, 0.2) is 54.6 Å². The van der Waals surface area contributed by atoms with Gasteiger partial charge >= 0.3 is 5.97 Å². The van der Waals surface area contributed by atoms with E-state index in [1.165, 1.54) is 0 Å². The van der Waals surface area contributed by atoms with Gasteiger partial charge in [-0.2, -0.15) is 0 Å². The van der Waals surface area contributed by atoms with Crippen LogP contribution in [-0.4, -0.2) is 42.3 Å². The summed E-state index contributed by atoms with van der Waals surface area (Å²) in [7, 11) is 0. The summed E-state index contributed by atoms with van der Waals surface area (Å²) >= 11 is 0. The Labute approximate surface area is 158 Å². The van der Waals surface area contributed by atoms with E-state index in [2.05, 4.69) is 6.92 Å². The Morgan fingerprint density at radius 3 is 2.37 bits per heavy atom. The largest absolute Gasteiger partial charge is 0.452 e. The number of likely N-dealkylation sites (tertiary alicyclic amines) is 1. The first kappa shape index (κ1) is 18.8. The lowest BCUT2D eigenvalue weighted by Crippen LogP contribution is -2.41. The molecule has 0 bridgehead atoms. The molecule has 0 aromatic heterocycles. The van der Waals surface area contributed by atoms with Crippen LogP contribution in [0.2, 0.25) is 0 Å². The number of carbonyl (C=O) groups is 3. The summed E-state index contributed by atoms with van der Waals surface area (Å²) in [5.74, 6) is -0.642. The molecule has 1 saturated heterocycles. The van der Waals surface area contributed by atoms with Crippen LogP contribution in [0, 0.1) is 5.92 Å². The monoisotopic (exact) mass is 365 g/mol. The van der Waals surface area contributed by atoms with E-state index < -0.39 is 5.97 Å². The number of carbonyl (C=O) groups excluding carboxylic acids is 3. The first-order chi connectivity index (χ1) is 13.1. The number of ether oxygens (including phenoxy) is 1. The van der Waals surface area contributed by atoms with Crippen molar-refractivity contribution in [2.24, 2.45) is 5.92 Å². The summed E-state index contributed by atoms with van der Waals surface area (Å²) in [6.45, 7) is 3.19. The van der Waals surface area contributed by atoms with Crippen LogP contribution in [0.3, 0.4) is 0 Å². The van der Waals surface area contributed by atoms with Gasteiger partial charge in [-0.1, -0.05) is 55.5 Å². The number of amides is 1. The predicted molar refractivity (Wildman–Crippen MR) is 102 cm³/mol. The number of ketones is 1. The third-order valence-corrected chi connectivity index (χ3v) is 4.76. The molecule has 1 heterocycles. The van der Waals surface area contributed by atoms with Gasteiger partial charge in [-0.25, -0.2) is 4.79 Å². The molecule has 5 nitrogen and oxygen atoms in total. The van der Waals surface area contributed by atoms with Crippen molar-refractivity contribution in [3.8, 4) is 0 Å². The molecule has 140 valence electrons. The summed E-state index contributed by atoms with van der Waals surface area (Å²) in [5.41, 5.74) is 0.940. The van der Waals surface area contributed by atoms with Crippen molar-refractivity contribution in [2.75, 3.05) is 19.7 Å². The smallest absolute Gasteiger partial charge is 0.339 e. The van der Waals surface area contributed by atoms with E-state index >= 15 is 0 Å². The molecule has 0 radical (unpaired) electrons. The summed E-state index contributed by atoms with van der Waals surface area (Å²) in [6, 6.07) is 15.3. The fourth-order valence-electron chi connectivity index (χ4n) is 3.32. The van der Waals surface area contributed by atoms with Gasteiger partial charge in [0.15, 0.2) is 12.4 Å². The number of hydrogen-bond acceptors (Lipinski definition) is 4. The number of hydrogen-bond donors (Lipinski definition) is 0. The van der Waals surface area contributed by atoms with Crippen molar-refractivity contribution in [1.82, 2.24) is 4.90 Å². The van der Waals surface area contributed by atoms with Crippen LogP contribution in [0.1, 0.15) is 46.0 Å². The van der Waals surface area contributed by atoms with Crippen molar-refractivity contribution in [2.45, 2.75) is 19.8 Å². The lowest BCUT2D eigenvalue weighted by Gasteiger charge is -2.30. The molecule has 0 unspecified atom stereocenters. The van der Waals surface area contributed by atoms with Gasteiger partial charge in [0.2, 0.25) is 0 Å². The molecule has 5 heteroatoms. The van der Waals surface area contributed by atoms with Crippen LogP contribution in [-0.2, 0) is 9.53 Å². The highest BCUT2D eigenvalue weighted by atomic mass is 16.5. The van der Waals surface area contributed by atoms with Gasteiger partial charge in [0, 0.05) is 24.2 Å². The van der Waals surface area contributed by atoms with E-state index in [1.54, 1.807) is 53.4 Å². The Morgan fingerprint density at radius 2 is 1.67 bits per heavy atom. The average molecular weight is 365 g/mol. The molecule has 3 rings (SSSR count). The summed E-state index contributed by atoms with van der Waals surface area (Å²) < 4.78 is 5.22. The second kappa shape index (κ2) is 8.62. The van der Waals surface area contributed by atoms with Gasteiger partial charge in [0.25, 0.3) is 5.91 Å². The highest BCUT2D eigenvalue weighted by Gasteiger charge is 2.23. The Bertz CT molecular complexity index is 831. The van der Waals surface area contributed by atoms with Crippen LogP contribution >= 0.6 is 0 Å². The SMILES string of the molecule is C[C@@H]1CCCN(C(=O)COC(=O)c2ccccc2C(=O)c2ccccc2)C1. The minimum atomic E-state index is -0.659. The van der Waals surface area contributed by atoms with E-state index in [4.69, 9.17) is 4.74 Å². The Balaban J connectivity index is 1.68. The zero-order valence-electron chi connectivity index (χ0n) is 15.4. The molecule has 1 aliphatic rings. The van der Waals surface area contributed by atoms with Gasteiger partial charge in [-0.05, 0) is 24.8 Å². The third kappa shape index (κ3) is 4.61. The minimum absolute atomic E-state index is 0.172. The molecule has 1 amide bonds. The van der Waals surface area contributed by atoms with Crippen molar-refractivity contribution in [3.63, 3.8) is 0 Å². The van der Waals surface area contributed by atoms with Crippen molar-refractivity contribution in [1.29, 1.82) is 0 Å². The highest BCUT2D eigenvalue weighted by Crippen LogP contribution is 2.17. The Kier molecular flexibility index (Phi) is 6.01. The summed E-state index contributed by atoms with van der Waals surface area (Å²) in [4.78, 5) is 39.3. The molecule has 1 atom stereocenters. The molecule has 2 aromatic rings. The predicted octanol–water partition coefficient (Wildman–Crippen LogP) is 3.33. The van der Waals surface area contributed by atoms with Crippen molar-refractivity contribution in [3.05, 3.63) is 71.3 Å². The fraction of sp³-hybridized carbons (Fsp3) is 0.318. The number of benzene rings is 2.